The highest BCUT2D eigenvalue weighted by Crippen LogP contribution is 2.39. The molecule has 1 aromatic carbocycles. The van der Waals surface area contributed by atoms with E-state index in [4.69, 9.17) is 4.42 Å². The lowest BCUT2D eigenvalue weighted by atomic mass is 9.95. The van der Waals surface area contributed by atoms with Gasteiger partial charge in [-0.25, -0.2) is 0 Å². The highest BCUT2D eigenvalue weighted by Gasteiger charge is 2.44. The number of ketones is 1. The summed E-state index contributed by atoms with van der Waals surface area (Å²) in [7, 11) is 0. The minimum absolute atomic E-state index is 0.0374. The van der Waals surface area contributed by atoms with Crippen LogP contribution < -0.4 is 0 Å². The molecule has 1 atom stereocenters. The molecule has 0 saturated carbocycles. The molecule has 6 nitrogen and oxygen atoms in total. The Morgan fingerprint density at radius 1 is 1.24 bits per heavy atom. The predicted octanol–water partition coefficient (Wildman–Crippen LogP) is 4.97. The molecule has 7 heteroatoms. The number of hydrogen-bond donors (Lipinski definition) is 1. The number of nitrogens with zero attached hydrogens (tertiary/aromatic N) is 2. The van der Waals surface area contributed by atoms with E-state index >= 15 is 0 Å². The van der Waals surface area contributed by atoms with E-state index in [1.54, 1.807) is 41.6 Å². The van der Waals surface area contributed by atoms with Crippen molar-refractivity contribution in [1.82, 2.24) is 9.88 Å². The second-order valence-corrected chi connectivity index (χ2v) is 7.84. The van der Waals surface area contributed by atoms with Gasteiger partial charge in [-0.15, -0.1) is 0 Å². The number of fused-ring (bicyclic) bond motifs is 1. The zero-order valence-electron chi connectivity index (χ0n) is 15.8. The van der Waals surface area contributed by atoms with E-state index in [2.05, 4.69) is 20.9 Å². The summed E-state index contributed by atoms with van der Waals surface area (Å²) in [5, 5.41) is 11.4. The average molecular weight is 455 g/mol. The Bertz CT molecular complexity index is 1120. The summed E-state index contributed by atoms with van der Waals surface area (Å²) < 4.78 is 6.59. The summed E-state index contributed by atoms with van der Waals surface area (Å²) in [6.07, 6.45) is 4.86. The maximum atomic E-state index is 13.3. The third-order valence-electron chi connectivity index (χ3n) is 5.02. The number of pyridine rings is 1. The van der Waals surface area contributed by atoms with Crippen LogP contribution in [0.1, 0.15) is 41.9 Å². The number of aliphatic hydroxyl groups is 1. The first-order chi connectivity index (χ1) is 14.0. The lowest BCUT2D eigenvalue weighted by molar-refractivity contribution is -0.129. The van der Waals surface area contributed by atoms with E-state index in [9.17, 15) is 14.7 Å². The molecule has 2 aromatic heterocycles. The van der Waals surface area contributed by atoms with Gasteiger partial charge in [0.1, 0.15) is 5.58 Å². The van der Waals surface area contributed by atoms with Crippen LogP contribution in [0.25, 0.3) is 11.0 Å². The van der Waals surface area contributed by atoms with Gasteiger partial charge in [-0.1, -0.05) is 29.3 Å². The number of unbranched alkanes of at least 4 members (excludes halogenated alkanes) is 1. The Hall–Kier alpha value is -2.93. The second kappa shape index (κ2) is 7.83. The molecule has 0 radical (unpaired) electrons. The molecule has 0 bridgehead atoms. The van der Waals surface area contributed by atoms with Gasteiger partial charge in [0.05, 0.1) is 11.6 Å². The number of hydrogen-bond acceptors (Lipinski definition) is 5. The van der Waals surface area contributed by atoms with E-state index in [0.717, 1.165) is 28.3 Å². The lowest BCUT2D eigenvalue weighted by Gasteiger charge is -2.26. The molecule has 148 valence electrons. The fraction of sp³-hybridized carbons (Fsp3) is 0.227. The third kappa shape index (κ3) is 3.46. The highest BCUT2D eigenvalue weighted by atomic mass is 79.9. The number of carbonyl (C=O) groups excluding carboxylic acids is 2. The quantitative estimate of drug-likeness (QED) is 0.531. The molecule has 1 aliphatic rings. The Balaban J connectivity index is 1.79. The van der Waals surface area contributed by atoms with Crippen molar-refractivity contribution in [3.05, 3.63) is 75.9 Å². The molecule has 0 fully saturated rings. The number of halogens is 1. The summed E-state index contributed by atoms with van der Waals surface area (Å²) in [6.45, 7) is 2.46. The molecular formula is C22H19BrN2O4. The van der Waals surface area contributed by atoms with Crippen LogP contribution in [0, 0.1) is 0 Å². The van der Waals surface area contributed by atoms with Gasteiger partial charge >= 0.3 is 0 Å². The molecule has 1 amide bonds. The van der Waals surface area contributed by atoms with Gasteiger partial charge in [-0.2, -0.15) is 0 Å². The van der Waals surface area contributed by atoms with Gasteiger partial charge < -0.3 is 14.4 Å². The van der Waals surface area contributed by atoms with Crippen molar-refractivity contribution in [2.24, 2.45) is 0 Å². The fourth-order valence-corrected chi connectivity index (χ4v) is 3.97. The van der Waals surface area contributed by atoms with Crippen LogP contribution in [0.2, 0.25) is 0 Å². The van der Waals surface area contributed by atoms with Crippen LogP contribution in [0.3, 0.4) is 0 Å². The van der Waals surface area contributed by atoms with Gasteiger partial charge in [0.2, 0.25) is 5.78 Å². The first kappa shape index (κ1) is 19.4. The van der Waals surface area contributed by atoms with Crippen LogP contribution in [0.4, 0.5) is 0 Å². The van der Waals surface area contributed by atoms with Crippen molar-refractivity contribution < 1.29 is 19.1 Å². The number of benzene rings is 1. The second-order valence-electron chi connectivity index (χ2n) is 6.92. The third-order valence-corrected chi connectivity index (χ3v) is 5.52. The number of aliphatic hydroxyl groups excluding tert-OH is 1. The van der Waals surface area contributed by atoms with Gasteiger partial charge in [0, 0.05) is 28.8 Å². The summed E-state index contributed by atoms with van der Waals surface area (Å²) in [5.74, 6) is -1.47. The number of rotatable bonds is 6. The van der Waals surface area contributed by atoms with E-state index < -0.39 is 23.5 Å². The number of furan rings is 1. The molecule has 3 heterocycles. The smallest absolute Gasteiger partial charge is 0.290 e. The van der Waals surface area contributed by atoms with Gasteiger partial charge in [0.25, 0.3) is 5.91 Å². The van der Waals surface area contributed by atoms with Crippen molar-refractivity contribution >= 4 is 38.6 Å². The molecule has 1 unspecified atom stereocenters. The molecule has 0 saturated heterocycles. The summed E-state index contributed by atoms with van der Waals surface area (Å²) in [4.78, 5) is 31.7. The summed E-state index contributed by atoms with van der Waals surface area (Å²) in [5.41, 5.74) is 1.32. The molecule has 0 aliphatic carbocycles. The van der Waals surface area contributed by atoms with E-state index in [1.165, 1.54) is 0 Å². The maximum Gasteiger partial charge on any atom is 0.290 e. The number of carbonyl (C=O) groups is 2. The van der Waals surface area contributed by atoms with Crippen LogP contribution in [-0.2, 0) is 4.79 Å². The summed E-state index contributed by atoms with van der Waals surface area (Å²) >= 11 is 3.40. The van der Waals surface area contributed by atoms with Crippen molar-refractivity contribution in [3.8, 4) is 0 Å². The molecule has 1 N–H and O–H groups in total. The largest absolute Gasteiger partial charge is 0.503 e. The topological polar surface area (TPSA) is 83.6 Å². The first-order valence-electron chi connectivity index (χ1n) is 9.39. The molecule has 0 spiro atoms. The van der Waals surface area contributed by atoms with E-state index in [1.807, 2.05) is 19.1 Å². The Kier molecular flexibility index (Phi) is 5.24. The minimum atomic E-state index is -0.676. The van der Waals surface area contributed by atoms with E-state index in [-0.39, 0.29) is 11.3 Å². The Morgan fingerprint density at radius 3 is 2.72 bits per heavy atom. The van der Waals surface area contributed by atoms with Crippen molar-refractivity contribution in [3.63, 3.8) is 0 Å². The van der Waals surface area contributed by atoms with Crippen LogP contribution in [0.15, 0.2) is 69.0 Å². The minimum Gasteiger partial charge on any atom is -0.503 e. The van der Waals surface area contributed by atoms with Gasteiger partial charge in [0.15, 0.2) is 11.5 Å². The zero-order chi connectivity index (χ0) is 20.5. The zero-order valence-corrected chi connectivity index (χ0v) is 17.3. The maximum absolute atomic E-state index is 13.3. The van der Waals surface area contributed by atoms with Crippen LogP contribution >= 0.6 is 15.9 Å². The Labute approximate surface area is 176 Å². The Morgan fingerprint density at radius 2 is 2.00 bits per heavy atom. The number of aromatic nitrogens is 1. The van der Waals surface area contributed by atoms with E-state index in [0.29, 0.717) is 12.1 Å². The average Bonchev–Trinajstić information content (AvgIpc) is 3.25. The van der Waals surface area contributed by atoms with Crippen LogP contribution in [0.5, 0.6) is 0 Å². The summed E-state index contributed by atoms with van der Waals surface area (Å²) in [6, 6.07) is 9.88. The van der Waals surface area contributed by atoms with Crippen molar-refractivity contribution in [1.29, 1.82) is 0 Å². The predicted molar refractivity (Wildman–Crippen MR) is 111 cm³/mol. The fourth-order valence-electron chi connectivity index (χ4n) is 3.60. The SMILES string of the molecule is CCCCN1C(=O)C(O)=C(C(=O)c2cc3cc(Br)ccc3o2)C1c1ccncc1. The number of Topliss-reactive ketones (excluding diaryl/α,β-unsaturated/α-hetero) is 1. The molecule has 1 aliphatic heterocycles. The molecule has 4 rings (SSSR count). The van der Waals surface area contributed by atoms with Crippen molar-refractivity contribution in [2.45, 2.75) is 25.8 Å². The first-order valence-corrected chi connectivity index (χ1v) is 10.2. The van der Waals surface area contributed by atoms with Gasteiger partial charge in [-0.05, 0) is 48.4 Å². The molecule has 3 aromatic rings. The monoisotopic (exact) mass is 454 g/mol. The van der Waals surface area contributed by atoms with Crippen molar-refractivity contribution in [2.75, 3.05) is 6.54 Å². The van der Waals surface area contributed by atoms with Gasteiger partial charge in [-0.3, -0.25) is 14.6 Å². The highest BCUT2D eigenvalue weighted by molar-refractivity contribution is 9.10. The lowest BCUT2D eigenvalue weighted by Crippen LogP contribution is -2.32. The molecule has 29 heavy (non-hydrogen) atoms. The normalized spacial score (nSPS) is 16.8. The number of amides is 1. The standard InChI is InChI=1S/C22H19BrN2O4/c1-2-3-10-25-19(13-6-8-24-9-7-13)18(21(27)22(25)28)20(26)17-12-14-11-15(23)4-5-16(14)29-17/h4-9,11-12,19,27H,2-3,10H2,1H3. The molecular weight excluding hydrogens is 436 g/mol. The van der Waals surface area contributed by atoms with Crippen LogP contribution in [-0.4, -0.2) is 33.2 Å².